The van der Waals surface area contributed by atoms with Gasteiger partial charge in [0.15, 0.2) is 0 Å². The molecule has 1 saturated heterocycles. The summed E-state index contributed by atoms with van der Waals surface area (Å²) in [6.07, 6.45) is 1.50. The van der Waals surface area contributed by atoms with Crippen LogP contribution in [0.4, 0.5) is 5.69 Å². The number of hydrogen-bond acceptors (Lipinski definition) is 3. The molecule has 4 rings (SSSR count). The van der Waals surface area contributed by atoms with Crippen LogP contribution >= 0.6 is 22.6 Å². The van der Waals surface area contributed by atoms with E-state index < -0.39 is 0 Å². The number of piperazine rings is 1. The standard InChI is InChI=1S/C22H27IN2O/c1-15-3-4-16(2)20(11-15)24-7-9-25(10-8-24)21-13-17-5-6-19(23)12-18(17)14-22(21)26/h3-6,11-12,21-22,26H,7-10,13-14H2,1-2H3/t21-,22-/m1/s1. The van der Waals surface area contributed by atoms with Crippen LogP contribution in [0.3, 0.4) is 0 Å². The van der Waals surface area contributed by atoms with Crippen LogP contribution in [-0.4, -0.2) is 48.3 Å². The van der Waals surface area contributed by atoms with Crippen LogP contribution in [-0.2, 0) is 12.8 Å². The Morgan fingerprint density at radius 2 is 1.69 bits per heavy atom. The van der Waals surface area contributed by atoms with Crippen LogP contribution in [0, 0.1) is 17.4 Å². The third-order valence-electron chi connectivity index (χ3n) is 5.96. The quantitative estimate of drug-likeness (QED) is 0.692. The fourth-order valence-corrected chi connectivity index (χ4v) is 4.99. The number of anilines is 1. The molecule has 26 heavy (non-hydrogen) atoms. The molecule has 138 valence electrons. The maximum Gasteiger partial charge on any atom is 0.0739 e. The summed E-state index contributed by atoms with van der Waals surface area (Å²) in [5.74, 6) is 0. The van der Waals surface area contributed by atoms with Crippen LogP contribution in [0.2, 0.25) is 0 Å². The van der Waals surface area contributed by atoms with Crippen molar-refractivity contribution in [2.75, 3.05) is 31.1 Å². The number of fused-ring (bicyclic) bond motifs is 1. The van der Waals surface area contributed by atoms with Crippen molar-refractivity contribution < 1.29 is 5.11 Å². The SMILES string of the molecule is Cc1ccc(C)c(N2CCN([C@@H]3Cc4ccc(I)cc4C[C@H]3O)CC2)c1. The smallest absolute Gasteiger partial charge is 0.0739 e. The molecule has 1 heterocycles. The molecule has 2 atom stereocenters. The Labute approximate surface area is 170 Å². The summed E-state index contributed by atoms with van der Waals surface area (Å²) in [7, 11) is 0. The zero-order chi connectivity index (χ0) is 18.3. The van der Waals surface area contributed by atoms with E-state index in [1.54, 1.807) is 0 Å². The van der Waals surface area contributed by atoms with Gasteiger partial charge in [-0.1, -0.05) is 18.2 Å². The van der Waals surface area contributed by atoms with Gasteiger partial charge in [-0.15, -0.1) is 0 Å². The Balaban J connectivity index is 1.45. The molecular formula is C22H27IN2O. The molecule has 1 aliphatic carbocycles. The summed E-state index contributed by atoms with van der Waals surface area (Å²) in [5, 5.41) is 10.8. The summed E-state index contributed by atoms with van der Waals surface area (Å²) >= 11 is 2.36. The highest BCUT2D eigenvalue weighted by Gasteiger charge is 2.33. The zero-order valence-electron chi connectivity index (χ0n) is 15.6. The first-order chi connectivity index (χ1) is 12.5. The molecule has 3 nitrogen and oxygen atoms in total. The van der Waals surface area contributed by atoms with E-state index in [1.807, 2.05) is 0 Å². The van der Waals surface area contributed by atoms with E-state index in [4.69, 9.17) is 0 Å². The maximum absolute atomic E-state index is 10.8. The van der Waals surface area contributed by atoms with Crippen LogP contribution in [0.1, 0.15) is 22.3 Å². The lowest BCUT2D eigenvalue weighted by Gasteiger charge is -2.44. The van der Waals surface area contributed by atoms with Crippen LogP contribution in [0.15, 0.2) is 36.4 Å². The number of rotatable bonds is 2. The Morgan fingerprint density at radius 3 is 2.46 bits per heavy atom. The average Bonchev–Trinajstić information content (AvgIpc) is 2.63. The number of aliphatic hydroxyl groups is 1. The summed E-state index contributed by atoms with van der Waals surface area (Å²) < 4.78 is 1.26. The monoisotopic (exact) mass is 462 g/mol. The Bertz CT molecular complexity index is 799. The highest BCUT2D eigenvalue weighted by atomic mass is 127. The van der Waals surface area contributed by atoms with E-state index in [2.05, 4.69) is 82.6 Å². The normalized spacial score (nSPS) is 23.8. The van der Waals surface area contributed by atoms with Crippen LogP contribution < -0.4 is 4.90 Å². The number of aliphatic hydroxyl groups excluding tert-OH is 1. The predicted molar refractivity (Wildman–Crippen MR) is 116 cm³/mol. The van der Waals surface area contributed by atoms with Gasteiger partial charge in [-0.2, -0.15) is 0 Å². The Kier molecular flexibility index (Phi) is 5.26. The maximum atomic E-state index is 10.8. The lowest BCUT2D eigenvalue weighted by atomic mass is 9.85. The summed E-state index contributed by atoms with van der Waals surface area (Å²) in [5.41, 5.74) is 6.79. The second-order valence-electron chi connectivity index (χ2n) is 7.77. The molecular weight excluding hydrogens is 435 g/mol. The van der Waals surface area contributed by atoms with Crippen molar-refractivity contribution in [1.29, 1.82) is 0 Å². The minimum Gasteiger partial charge on any atom is -0.391 e. The molecule has 2 aliphatic rings. The highest BCUT2D eigenvalue weighted by Crippen LogP contribution is 2.29. The minimum atomic E-state index is -0.257. The lowest BCUT2D eigenvalue weighted by Crippen LogP contribution is -2.56. The number of nitrogens with zero attached hydrogens (tertiary/aromatic N) is 2. The molecule has 0 radical (unpaired) electrons. The van der Waals surface area contributed by atoms with Crippen molar-refractivity contribution in [3.63, 3.8) is 0 Å². The Morgan fingerprint density at radius 1 is 0.923 bits per heavy atom. The van der Waals surface area contributed by atoms with Crippen molar-refractivity contribution in [1.82, 2.24) is 4.90 Å². The van der Waals surface area contributed by atoms with Gasteiger partial charge in [-0.05, 0) is 83.3 Å². The molecule has 0 saturated carbocycles. The number of hydrogen-bond donors (Lipinski definition) is 1. The lowest BCUT2D eigenvalue weighted by molar-refractivity contribution is 0.0395. The van der Waals surface area contributed by atoms with Crippen molar-refractivity contribution in [2.45, 2.75) is 38.8 Å². The van der Waals surface area contributed by atoms with E-state index in [9.17, 15) is 5.11 Å². The van der Waals surface area contributed by atoms with Gasteiger partial charge in [-0.25, -0.2) is 0 Å². The molecule has 0 unspecified atom stereocenters. The van der Waals surface area contributed by atoms with Gasteiger partial charge in [-0.3, -0.25) is 4.90 Å². The van der Waals surface area contributed by atoms with Crippen molar-refractivity contribution in [3.05, 3.63) is 62.2 Å². The predicted octanol–water partition coefficient (Wildman–Crippen LogP) is 3.56. The van der Waals surface area contributed by atoms with Gasteiger partial charge >= 0.3 is 0 Å². The summed E-state index contributed by atoms with van der Waals surface area (Å²) in [6, 6.07) is 13.6. The first-order valence-electron chi connectivity index (χ1n) is 9.53. The van der Waals surface area contributed by atoms with Gasteiger partial charge < -0.3 is 10.0 Å². The molecule has 0 amide bonds. The van der Waals surface area contributed by atoms with Crippen molar-refractivity contribution in [2.24, 2.45) is 0 Å². The molecule has 0 bridgehead atoms. The molecule has 0 spiro atoms. The molecule has 4 heteroatoms. The molecule has 1 fully saturated rings. The first-order valence-corrected chi connectivity index (χ1v) is 10.6. The first kappa shape index (κ1) is 18.3. The average molecular weight is 462 g/mol. The van der Waals surface area contributed by atoms with E-state index in [0.717, 1.165) is 39.0 Å². The van der Waals surface area contributed by atoms with Crippen LogP contribution in [0.25, 0.3) is 0 Å². The fourth-order valence-electron chi connectivity index (χ4n) is 4.43. The topological polar surface area (TPSA) is 26.7 Å². The largest absolute Gasteiger partial charge is 0.391 e. The highest BCUT2D eigenvalue weighted by molar-refractivity contribution is 14.1. The molecule has 0 aromatic heterocycles. The third-order valence-corrected chi connectivity index (χ3v) is 6.63. The third kappa shape index (κ3) is 3.64. The molecule has 2 aromatic rings. The van der Waals surface area contributed by atoms with E-state index in [1.165, 1.54) is 31.5 Å². The second-order valence-corrected chi connectivity index (χ2v) is 9.01. The fraction of sp³-hybridized carbons (Fsp3) is 0.455. The van der Waals surface area contributed by atoms with Gasteiger partial charge in [0.2, 0.25) is 0 Å². The van der Waals surface area contributed by atoms with E-state index in [0.29, 0.717) is 0 Å². The Hall–Kier alpha value is -1.11. The van der Waals surface area contributed by atoms with Crippen LogP contribution in [0.5, 0.6) is 0 Å². The second kappa shape index (κ2) is 7.49. The van der Waals surface area contributed by atoms with Gasteiger partial charge in [0.1, 0.15) is 0 Å². The zero-order valence-corrected chi connectivity index (χ0v) is 17.7. The molecule has 1 N–H and O–H groups in total. The van der Waals surface area contributed by atoms with Crippen molar-refractivity contribution >= 4 is 28.3 Å². The number of aryl methyl sites for hydroxylation is 2. The van der Waals surface area contributed by atoms with E-state index >= 15 is 0 Å². The van der Waals surface area contributed by atoms with Gasteiger partial charge in [0, 0.05) is 47.9 Å². The van der Waals surface area contributed by atoms with Gasteiger partial charge in [0.25, 0.3) is 0 Å². The molecule has 2 aromatic carbocycles. The molecule has 1 aliphatic heterocycles. The number of benzene rings is 2. The number of halogens is 1. The summed E-state index contributed by atoms with van der Waals surface area (Å²) in [6.45, 7) is 8.48. The van der Waals surface area contributed by atoms with Gasteiger partial charge in [0.05, 0.1) is 6.10 Å². The van der Waals surface area contributed by atoms with E-state index in [-0.39, 0.29) is 12.1 Å². The minimum absolute atomic E-state index is 0.253. The van der Waals surface area contributed by atoms with Crippen molar-refractivity contribution in [3.8, 4) is 0 Å². The summed E-state index contributed by atoms with van der Waals surface area (Å²) in [4.78, 5) is 5.01.